The van der Waals surface area contributed by atoms with Crippen LogP contribution in [0.2, 0.25) is 0 Å². The zero-order chi connectivity index (χ0) is 17.0. The lowest BCUT2D eigenvalue weighted by Crippen LogP contribution is -2.58. The van der Waals surface area contributed by atoms with Crippen molar-refractivity contribution >= 4 is 0 Å². The van der Waals surface area contributed by atoms with Crippen molar-refractivity contribution in [3.05, 3.63) is 0 Å². The van der Waals surface area contributed by atoms with Crippen LogP contribution in [0.5, 0.6) is 0 Å². The molecule has 2 saturated heterocycles. The van der Waals surface area contributed by atoms with Crippen LogP contribution < -0.4 is 0 Å². The Bertz CT molecular complexity index is 336. The van der Waals surface area contributed by atoms with E-state index in [1.54, 1.807) is 0 Å². The van der Waals surface area contributed by atoms with Crippen molar-refractivity contribution in [1.29, 1.82) is 0 Å². The van der Waals surface area contributed by atoms with E-state index in [1.165, 1.54) is 58.5 Å². The van der Waals surface area contributed by atoms with Crippen molar-refractivity contribution in [1.82, 2.24) is 14.7 Å². The van der Waals surface area contributed by atoms with Crippen LogP contribution in [0.15, 0.2) is 0 Å². The van der Waals surface area contributed by atoms with Crippen LogP contribution in [-0.2, 0) is 0 Å². The fourth-order valence-electron chi connectivity index (χ4n) is 4.71. The minimum Gasteiger partial charge on any atom is -0.301 e. The summed E-state index contributed by atoms with van der Waals surface area (Å²) >= 11 is 0. The van der Waals surface area contributed by atoms with Gasteiger partial charge < -0.3 is 4.90 Å². The minimum absolute atomic E-state index is 0.679. The molecule has 0 aromatic carbocycles. The van der Waals surface area contributed by atoms with E-state index < -0.39 is 0 Å². The molecule has 0 spiro atoms. The fourth-order valence-corrected chi connectivity index (χ4v) is 4.71. The molecule has 3 heteroatoms. The molecule has 0 bridgehead atoms. The summed E-state index contributed by atoms with van der Waals surface area (Å²) in [7, 11) is 0. The average Bonchev–Trinajstić information content (AvgIpc) is 2.59. The van der Waals surface area contributed by atoms with Gasteiger partial charge in [0, 0.05) is 44.3 Å². The van der Waals surface area contributed by atoms with E-state index in [0.29, 0.717) is 12.1 Å². The normalized spacial score (nSPS) is 31.4. The van der Waals surface area contributed by atoms with Gasteiger partial charge >= 0.3 is 0 Å². The van der Waals surface area contributed by atoms with Crippen LogP contribution in [0.3, 0.4) is 0 Å². The minimum atomic E-state index is 0.679. The number of hydrogen-bond acceptors (Lipinski definition) is 3. The van der Waals surface area contributed by atoms with Gasteiger partial charge in [-0.2, -0.15) is 0 Å². The van der Waals surface area contributed by atoms with Gasteiger partial charge in [-0.25, -0.2) is 0 Å². The number of piperidine rings is 1. The monoisotopic (exact) mass is 323 g/mol. The molecule has 3 nitrogen and oxygen atoms in total. The first-order valence-electron chi connectivity index (χ1n) is 10.2. The van der Waals surface area contributed by atoms with E-state index in [4.69, 9.17) is 0 Å². The highest BCUT2D eigenvalue weighted by Gasteiger charge is 2.35. The van der Waals surface area contributed by atoms with Gasteiger partial charge in [0.15, 0.2) is 0 Å². The van der Waals surface area contributed by atoms with E-state index in [2.05, 4.69) is 56.2 Å². The second-order valence-corrected chi connectivity index (χ2v) is 8.28. The van der Waals surface area contributed by atoms with Gasteiger partial charge in [-0.15, -0.1) is 0 Å². The molecular formula is C20H41N3. The highest BCUT2D eigenvalue weighted by molar-refractivity contribution is 4.90. The Hall–Kier alpha value is -0.120. The summed E-state index contributed by atoms with van der Waals surface area (Å²) < 4.78 is 0. The van der Waals surface area contributed by atoms with Crippen molar-refractivity contribution < 1.29 is 0 Å². The Kier molecular flexibility index (Phi) is 7.37. The molecule has 2 fully saturated rings. The highest BCUT2D eigenvalue weighted by atomic mass is 15.3. The summed E-state index contributed by atoms with van der Waals surface area (Å²) in [5.74, 6) is 1.79. The van der Waals surface area contributed by atoms with Gasteiger partial charge in [-0.05, 0) is 58.0 Å². The number of rotatable bonds is 6. The predicted molar refractivity (Wildman–Crippen MR) is 101 cm³/mol. The van der Waals surface area contributed by atoms with Gasteiger partial charge in [0.2, 0.25) is 0 Å². The lowest BCUT2D eigenvalue weighted by atomic mass is 9.81. The van der Waals surface area contributed by atoms with Crippen LogP contribution in [-0.4, -0.2) is 72.1 Å². The standard InChI is InChI=1S/C20H41N3/c1-7-20-15-19(16(3)4)9-10-23(20)18(6)17(5)22-13-11-21(8-2)12-14-22/h16-20H,7-15H2,1-6H3. The van der Waals surface area contributed by atoms with Crippen molar-refractivity contribution in [2.75, 3.05) is 39.3 Å². The van der Waals surface area contributed by atoms with Gasteiger partial charge in [0.05, 0.1) is 0 Å². The molecular weight excluding hydrogens is 282 g/mol. The molecule has 4 unspecified atom stereocenters. The lowest BCUT2D eigenvalue weighted by molar-refractivity contribution is 0.00544. The van der Waals surface area contributed by atoms with Crippen LogP contribution in [0, 0.1) is 11.8 Å². The molecule has 136 valence electrons. The first-order valence-corrected chi connectivity index (χ1v) is 10.2. The molecule has 0 aromatic heterocycles. The molecule has 23 heavy (non-hydrogen) atoms. The molecule has 2 heterocycles. The number of likely N-dealkylation sites (N-methyl/N-ethyl adjacent to an activating group) is 1. The third kappa shape index (κ3) is 4.70. The van der Waals surface area contributed by atoms with Crippen molar-refractivity contribution in [2.45, 2.75) is 78.9 Å². The maximum Gasteiger partial charge on any atom is 0.0223 e. The van der Waals surface area contributed by atoms with E-state index in [-0.39, 0.29) is 0 Å². The van der Waals surface area contributed by atoms with Crippen LogP contribution in [0.25, 0.3) is 0 Å². The van der Waals surface area contributed by atoms with E-state index in [9.17, 15) is 0 Å². The smallest absolute Gasteiger partial charge is 0.0223 e. The Morgan fingerprint density at radius 1 is 0.870 bits per heavy atom. The van der Waals surface area contributed by atoms with E-state index in [0.717, 1.165) is 17.9 Å². The van der Waals surface area contributed by atoms with Crippen LogP contribution >= 0.6 is 0 Å². The molecule has 2 rings (SSSR count). The summed E-state index contributed by atoms with van der Waals surface area (Å²) in [5.41, 5.74) is 0. The highest BCUT2D eigenvalue weighted by Crippen LogP contribution is 2.32. The number of hydrogen-bond donors (Lipinski definition) is 0. The number of likely N-dealkylation sites (tertiary alicyclic amines) is 1. The zero-order valence-electron chi connectivity index (χ0n) is 16.6. The molecule has 0 saturated carbocycles. The number of nitrogens with zero attached hydrogens (tertiary/aromatic N) is 3. The first kappa shape index (κ1) is 19.2. The second-order valence-electron chi connectivity index (χ2n) is 8.28. The van der Waals surface area contributed by atoms with E-state index >= 15 is 0 Å². The van der Waals surface area contributed by atoms with Gasteiger partial charge in [0.25, 0.3) is 0 Å². The summed E-state index contributed by atoms with van der Waals surface area (Å²) in [6, 6.07) is 2.16. The molecule has 0 aromatic rings. The SMILES string of the molecule is CCC1CC(C(C)C)CCN1C(C)C(C)N1CCN(CC)CC1. The summed E-state index contributed by atoms with van der Waals surface area (Å²) in [5, 5.41) is 0. The summed E-state index contributed by atoms with van der Waals surface area (Å²) in [6.07, 6.45) is 4.12. The largest absolute Gasteiger partial charge is 0.301 e. The maximum absolute atomic E-state index is 2.84. The predicted octanol–water partition coefficient (Wildman–Crippen LogP) is 3.55. The molecule has 0 radical (unpaired) electrons. The molecule has 0 amide bonds. The molecule has 2 aliphatic rings. The first-order chi connectivity index (χ1) is 11.0. The fraction of sp³-hybridized carbons (Fsp3) is 1.00. The van der Waals surface area contributed by atoms with Crippen LogP contribution in [0.1, 0.15) is 60.8 Å². The zero-order valence-corrected chi connectivity index (χ0v) is 16.6. The van der Waals surface area contributed by atoms with Gasteiger partial charge in [-0.3, -0.25) is 9.80 Å². The van der Waals surface area contributed by atoms with Crippen LogP contribution in [0.4, 0.5) is 0 Å². The van der Waals surface area contributed by atoms with Crippen molar-refractivity contribution in [3.8, 4) is 0 Å². The molecule has 0 N–H and O–H groups in total. The molecule has 4 atom stereocenters. The third-order valence-corrected chi connectivity index (χ3v) is 6.87. The third-order valence-electron chi connectivity index (χ3n) is 6.87. The number of piperazine rings is 1. The topological polar surface area (TPSA) is 9.72 Å². The summed E-state index contributed by atoms with van der Waals surface area (Å²) in [6.45, 7) is 21.9. The lowest BCUT2D eigenvalue weighted by Gasteiger charge is -2.48. The molecule has 0 aliphatic carbocycles. The average molecular weight is 324 g/mol. The van der Waals surface area contributed by atoms with Crippen molar-refractivity contribution in [2.24, 2.45) is 11.8 Å². The quantitative estimate of drug-likeness (QED) is 0.740. The second kappa shape index (κ2) is 8.82. The Balaban J connectivity index is 1.92. The Morgan fingerprint density at radius 2 is 1.52 bits per heavy atom. The van der Waals surface area contributed by atoms with Gasteiger partial charge in [0.1, 0.15) is 0 Å². The van der Waals surface area contributed by atoms with E-state index in [1.807, 2.05) is 0 Å². The maximum atomic E-state index is 2.84. The van der Waals surface area contributed by atoms with Gasteiger partial charge in [-0.1, -0.05) is 27.7 Å². The molecule has 2 aliphatic heterocycles. The Labute approximate surface area is 145 Å². The Morgan fingerprint density at radius 3 is 2.04 bits per heavy atom. The summed E-state index contributed by atoms with van der Waals surface area (Å²) in [4.78, 5) is 8.16. The van der Waals surface area contributed by atoms with Crippen molar-refractivity contribution in [3.63, 3.8) is 0 Å².